The number of hydrogen-bond donors (Lipinski definition) is 2. The quantitative estimate of drug-likeness (QED) is 0.266. The molecule has 0 bridgehead atoms. The van der Waals surface area contributed by atoms with Gasteiger partial charge in [-0.25, -0.2) is 0 Å². The van der Waals surface area contributed by atoms with Gasteiger partial charge in [0.2, 0.25) is 0 Å². The van der Waals surface area contributed by atoms with Gasteiger partial charge < -0.3 is 15.4 Å². The van der Waals surface area contributed by atoms with E-state index in [1.54, 1.807) is 0 Å². The first-order chi connectivity index (χ1) is 9.81. The Balaban J connectivity index is 0.00000400. The van der Waals surface area contributed by atoms with Crippen molar-refractivity contribution in [1.29, 1.82) is 0 Å². The minimum atomic E-state index is 0. The fourth-order valence-corrected chi connectivity index (χ4v) is 2.81. The maximum absolute atomic E-state index is 5.92. The molecule has 1 fully saturated rings. The highest BCUT2D eigenvalue weighted by Crippen LogP contribution is 2.30. The molecule has 4 nitrogen and oxygen atoms in total. The molecule has 1 rings (SSSR count). The summed E-state index contributed by atoms with van der Waals surface area (Å²) in [5, 5.41) is 6.47. The van der Waals surface area contributed by atoms with Gasteiger partial charge in [0.25, 0.3) is 0 Å². The van der Waals surface area contributed by atoms with Crippen LogP contribution in [0.3, 0.4) is 0 Å². The number of ether oxygens (including phenoxy) is 1. The second-order valence-electron chi connectivity index (χ2n) is 5.26. The number of nitrogens with zero attached hydrogens (tertiary/aromatic N) is 1. The Bertz CT molecular complexity index is 291. The molecule has 0 aromatic rings. The maximum atomic E-state index is 5.92. The number of aliphatic imine (C=N–C) groups is 1. The van der Waals surface area contributed by atoms with Crippen molar-refractivity contribution in [3.8, 4) is 0 Å². The van der Waals surface area contributed by atoms with E-state index in [-0.39, 0.29) is 24.0 Å². The monoisotopic (exact) mass is 409 g/mol. The fraction of sp³-hybridized carbons (Fsp3) is 0.812. The van der Waals surface area contributed by atoms with Crippen LogP contribution in [0, 0.1) is 5.92 Å². The van der Waals surface area contributed by atoms with Crippen molar-refractivity contribution < 1.29 is 4.74 Å². The molecule has 2 N–H and O–H groups in total. The predicted octanol–water partition coefficient (Wildman–Crippen LogP) is 3.33. The first-order valence-corrected chi connectivity index (χ1v) is 8.06. The molecule has 5 heteroatoms. The molecule has 1 saturated carbocycles. The lowest BCUT2D eigenvalue weighted by atomic mass is 9.98. The van der Waals surface area contributed by atoms with Gasteiger partial charge in [-0.1, -0.05) is 18.9 Å². The normalized spacial score (nSPS) is 17.1. The van der Waals surface area contributed by atoms with Crippen molar-refractivity contribution in [2.45, 2.75) is 52.1 Å². The Morgan fingerprint density at radius 1 is 1.33 bits per heavy atom. The Hall–Kier alpha value is -0.300. The minimum Gasteiger partial charge on any atom is -0.378 e. The molecule has 124 valence electrons. The summed E-state index contributed by atoms with van der Waals surface area (Å²) in [4.78, 5) is 4.61. The van der Waals surface area contributed by atoms with E-state index in [0.717, 1.165) is 44.5 Å². The third kappa shape index (κ3) is 8.66. The van der Waals surface area contributed by atoms with Crippen LogP contribution < -0.4 is 10.6 Å². The van der Waals surface area contributed by atoms with Crippen molar-refractivity contribution in [3.05, 3.63) is 12.7 Å². The molecular formula is C16H32IN3O. The predicted molar refractivity (Wildman–Crippen MR) is 102 cm³/mol. The molecule has 0 amide bonds. The van der Waals surface area contributed by atoms with Crippen LogP contribution in [0.2, 0.25) is 0 Å². The van der Waals surface area contributed by atoms with Crippen LogP contribution in [0.15, 0.2) is 17.6 Å². The average molecular weight is 409 g/mol. The van der Waals surface area contributed by atoms with E-state index in [1.165, 1.54) is 25.7 Å². The van der Waals surface area contributed by atoms with Gasteiger partial charge in [-0.05, 0) is 39.0 Å². The molecule has 1 atom stereocenters. The number of hydrogen-bond acceptors (Lipinski definition) is 2. The lowest BCUT2D eigenvalue weighted by Gasteiger charge is -2.22. The third-order valence-corrected chi connectivity index (χ3v) is 3.75. The summed E-state index contributed by atoms with van der Waals surface area (Å²) in [6, 6.07) is 0. The molecule has 0 spiro atoms. The summed E-state index contributed by atoms with van der Waals surface area (Å²) in [6.07, 6.45) is 8.61. The molecule has 21 heavy (non-hydrogen) atoms. The highest BCUT2D eigenvalue weighted by atomic mass is 127. The van der Waals surface area contributed by atoms with E-state index in [0.29, 0.717) is 6.10 Å². The van der Waals surface area contributed by atoms with Crippen LogP contribution in [0.1, 0.15) is 46.0 Å². The second kappa shape index (κ2) is 13.4. The van der Waals surface area contributed by atoms with Crippen molar-refractivity contribution >= 4 is 29.9 Å². The zero-order chi connectivity index (χ0) is 14.6. The third-order valence-electron chi connectivity index (χ3n) is 3.75. The Morgan fingerprint density at radius 2 is 2.05 bits per heavy atom. The topological polar surface area (TPSA) is 45.7 Å². The van der Waals surface area contributed by atoms with Crippen LogP contribution in [0.4, 0.5) is 0 Å². The molecule has 1 aliphatic carbocycles. The van der Waals surface area contributed by atoms with Crippen molar-refractivity contribution in [1.82, 2.24) is 10.6 Å². The molecule has 0 radical (unpaired) electrons. The molecule has 0 saturated heterocycles. The van der Waals surface area contributed by atoms with Gasteiger partial charge in [-0.2, -0.15) is 0 Å². The van der Waals surface area contributed by atoms with E-state index in [4.69, 9.17) is 4.74 Å². The second-order valence-corrected chi connectivity index (χ2v) is 5.26. The molecule has 0 aromatic carbocycles. The number of halogens is 1. The molecule has 0 heterocycles. The minimum absolute atomic E-state index is 0. The lowest BCUT2D eigenvalue weighted by Crippen LogP contribution is -2.37. The van der Waals surface area contributed by atoms with Gasteiger partial charge in [-0.3, -0.25) is 4.99 Å². The Kier molecular flexibility index (Phi) is 13.2. The van der Waals surface area contributed by atoms with Crippen molar-refractivity contribution in [2.24, 2.45) is 10.9 Å². The van der Waals surface area contributed by atoms with E-state index in [2.05, 4.69) is 36.1 Å². The summed E-state index contributed by atoms with van der Waals surface area (Å²) in [6.45, 7) is 11.1. The number of nitrogens with one attached hydrogen (secondary N) is 2. The Labute approximate surface area is 147 Å². The first-order valence-electron chi connectivity index (χ1n) is 8.06. The van der Waals surface area contributed by atoms with Gasteiger partial charge in [0, 0.05) is 26.2 Å². The highest BCUT2D eigenvalue weighted by Gasteiger charge is 2.24. The molecule has 1 unspecified atom stereocenters. The first kappa shape index (κ1) is 20.7. The fourth-order valence-electron chi connectivity index (χ4n) is 2.81. The molecule has 0 aromatic heterocycles. The molecule has 0 aliphatic heterocycles. The number of guanidine groups is 1. The number of rotatable bonds is 9. The summed E-state index contributed by atoms with van der Waals surface area (Å²) in [5.74, 6) is 1.61. The standard InChI is InChI=1S/C16H31N3O.HI/c1-4-12-18-16(17-5-2)19-13-11-15(20-6-3)14-9-7-8-10-14;/h4,14-15H,1,5-13H2,2-3H3,(H2,17,18,19);1H. The van der Waals surface area contributed by atoms with Crippen LogP contribution in [0.25, 0.3) is 0 Å². The lowest BCUT2D eigenvalue weighted by molar-refractivity contribution is 0.0177. The van der Waals surface area contributed by atoms with Gasteiger partial charge >= 0.3 is 0 Å². The summed E-state index contributed by atoms with van der Waals surface area (Å²) in [5.41, 5.74) is 0. The summed E-state index contributed by atoms with van der Waals surface area (Å²) >= 11 is 0. The van der Waals surface area contributed by atoms with E-state index in [9.17, 15) is 0 Å². The van der Waals surface area contributed by atoms with Gasteiger partial charge in [0.1, 0.15) is 0 Å². The van der Waals surface area contributed by atoms with Crippen molar-refractivity contribution in [3.63, 3.8) is 0 Å². The largest absolute Gasteiger partial charge is 0.378 e. The Morgan fingerprint density at radius 3 is 2.62 bits per heavy atom. The van der Waals surface area contributed by atoms with Crippen molar-refractivity contribution in [2.75, 3.05) is 26.2 Å². The maximum Gasteiger partial charge on any atom is 0.191 e. The smallest absolute Gasteiger partial charge is 0.191 e. The van der Waals surface area contributed by atoms with E-state index in [1.807, 2.05) is 6.08 Å². The summed E-state index contributed by atoms with van der Waals surface area (Å²) in [7, 11) is 0. The molecular weight excluding hydrogens is 377 g/mol. The van der Waals surface area contributed by atoms with Gasteiger partial charge in [0.05, 0.1) is 6.10 Å². The van der Waals surface area contributed by atoms with Crippen LogP contribution in [-0.2, 0) is 4.74 Å². The highest BCUT2D eigenvalue weighted by molar-refractivity contribution is 14.0. The van der Waals surface area contributed by atoms with Gasteiger partial charge in [-0.15, -0.1) is 30.6 Å². The van der Waals surface area contributed by atoms with Crippen LogP contribution in [-0.4, -0.2) is 38.3 Å². The van der Waals surface area contributed by atoms with E-state index < -0.39 is 0 Å². The zero-order valence-corrected chi connectivity index (χ0v) is 15.9. The molecule has 1 aliphatic rings. The SMILES string of the molecule is C=CCNC(=NCCC(OCC)C1CCCC1)NCC.I. The van der Waals surface area contributed by atoms with Gasteiger partial charge in [0.15, 0.2) is 5.96 Å². The van der Waals surface area contributed by atoms with Crippen LogP contribution >= 0.6 is 24.0 Å². The summed E-state index contributed by atoms with van der Waals surface area (Å²) < 4.78 is 5.92. The zero-order valence-electron chi connectivity index (χ0n) is 13.6. The van der Waals surface area contributed by atoms with E-state index >= 15 is 0 Å². The van der Waals surface area contributed by atoms with Crippen LogP contribution in [0.5, 0.6) is 0 Å². The average Bonchev–Trinajstić information content (AvgIpc) is 2.97.